The van der Waals surface area contributed by atoms with E-state index in [2.05, 4.69) is 20.6 Å². The average molecular weight is 444 g/mol. The lowest BCUT2D eigenvalue weighted by molar-refractivity contribution is -0.117. The molecule has 8 nitrogen and oxygen atoms in total. The molecule has 1 aliphatic rings. The van der Waals surface area contributed by atoms with E-state index in [9.17, 15) is 23.6 Å². The highest BCUT2D eigenvalue weighted by atomic mass is 19.3. The summed E-state index contributed by atoms with van der Waals surface area (Å²) in [5.41, 5.74) is 2.07. The van der Waals surface area contributed by atoms with Crippen molar-refractivity contribution in [1.82, 2.24) is 14.9 Å². The van der Waals surface area contributed by atoms with E-state index in [4.69, 9.17) is 0 Å². The number of benzene rings is 1. The van der Waals surface area contributed by atoms with Crippen LogP contribution in [0.2, 0.25) is 0 Å². The summed E-state index contributed by atoms with van der Waals surface area (Å²) in [4.78, 5) is 31.1. The number of nitriles is 1. The summed E-state index contributed by atoms with van der Waals surface area (Å²) < 4.78 is 25.1. The molecule has 2 amide bonds. The topological polar surface area (TPSA) is 111 Å². The Balaban J connectivity index is 0.000000654. The molecule has 10 heteroatoms. The normalized spacial score (nSPS) is 13.3. The van der Waals surface area contributed by atoms with Gasteiger partial charge >= 0.3 is 0 Å². The first-order valence-corrected chi connectivity index (χ1v) is 10.1. The second kappa shape index (κ2) is 11.7. The lowest BCUT2D eigenvalue weighted by atomic mass is 10.1. The second-order valence-electron chi connectivity index (χ2n) is 7.66. The first-order valence-electron chi connectivity index (χ1n) is 10.1. The van der Waals surface area contributed by atoms with E-state index in [1.165, 1.54) is 17.3 Å². The van der Waals surface area contributed by atoms with Gasteiger partial charge in [0.25, 0.3) is 0 Å². The van der Waals surface area contributed by atoms with Crippen LogP contribution >= 0.6 is 0 Å². The van der Waals surface area contributed by atoms with Crippen molar-refractivity contribution in [3.05, 3.63) is 36.2 Å². The van der Waals surface area contributed by atoms with E-state index in [0.29, 0.717) is 28.3 Å². The Hall–Kier alpha value is -3.61. The molecule has 0 saturated heterocycles. The molecule has 1 aromatic carbocycles. The minimum atomic E-state index is -2.43. The van der Waals surface area contributed by atoms with Crippen molar-refractivity contribution in [3.63, 3.8) is 0 Å². The number of nitrogens with one attached hydrogen (secondary N) is 2. The van der Waals surface area contributed by atoms with Crippen LogP contribution in [-0.4, -0.2) is 53.7 Å². The third kappa shape index (κ3) is 7.91. The van der Waals surface area contributed by atoms with Crippen molar-refractivity contribution in [2.24, 2.45) is 5.92 Å². The van der Waals surface area contributed by atoms with Gasteiger partial charge < -0.3 is 15.5 Å². The predicted molar refractivity (Wildman–Crippen MR) is 117 cm³/mol. The highest BCUT2D eigenvalue weighted by molar-refractivity contribution is 5.93. The molecule has 1 atom stereocenters. The number of nitrogens with zero attached hydrogens (tertiary/aromatic N) is 4. The van der Waals surface area contributed by atoms with Crippen LogP contribution in [0.15, 0.2) is 30.6 Å². The molecule has 1 aromatic heterocycles. The fraction of sp³-hybridized carbons (Fsp3) is 0.409. The molecular formula is C22H26F2N6O2. The van der Waals surface area contributed by atoms with E-state index >= 15 is 0 Å². The van der Waals surface area contributed by atoms with E-state index < -0.39 is 12.5 Å². The Labute approximate surface area is 185 Å². The molecule has 1 heterocycles. The quantitative estimate of drug-likeness (QED) is 0.603. The van der Waals surface area contributed by atoms with Crippen LogP contribution in [0, 0.1) is 17.2 Å². The Morgan fingerprint density at radius 3 is 2.50 bits per heavy atom. The number of carbonyl (C=O) groups is 2. The van der Waals surface area contributed by atoms with Crippen molar-refractivity contribution in [3.8, 4) is 17.3 Å². The number of halogens is 2. The molecule has 2 aromatic rings. The summed E-state index contributed by atoms with van der Waals surface area (Å²) in [5.74, 6) is 0.414. The van der Waals surface area contributed by atoms with E-state index in [0.717, 1.165) is 19.3 Å². The fourth-order valence-electron chi connectivity index (χ4n) is 2.63. The molecule has 1 fully saturated rings. The second-order valence-corrected chi connectivity index (χ2v) is 7.66. The molecule has 0 spiro atoms. The number of rotatable bonds is 8. The van der Waals surface area contributed by atoms with Gasteiger partial charge in [0.2, 0.25) is 18.7 Å². The number of alkyl halides is 2. The summed E-state index contributed by atoms with van der Waals surface area (Å²) in [6.45, 7) is 1.64. The first kappa shape index (κ1) is 24.7. The molecule has 1 saturated carbocycles. The third-order valence-electron chi connectivity index (χ3n) is 4.43. The Bertz CT molecular complexity index is 956. The lowest BCUT2D eigenvalue weighted by Gasteiger charge is -2.16. The Kier molecular flexibility index (Phi) is 9.01. The maximum Gasteiger partial charge on any atom is 0.240 e. The lowest BCUT2D eigenvalue weighted by Crippen LogP contribution is -2.19. The number of carbonyl (C=O) groups excluding carboxylic acids is 2. The van der Waals surface area contributed by atoms with Crippen molar-refractivity contribution >= 4 is 23.8 Å². The van der Waals surface area contributed by atoms with Gasteiger partial charge in [0.05, 0.1) is 29.3 Å². The van der Waals surface area contributed by atoms with Crippen molar-refractivity contribution in [2.75, 3.05) is 24.7 Å². The highest BCUT2D eigenvalue weighted by Gasteiger charge is 2.29. The maximum atomic E-state index is 12.5. The van der Waals surface area contributed by atoms with Crippen LogP contribution in [-0.2, 0) is 9.59 Å². The van der Waals surface area contributed by atoms with Gasteiger partial charge in [0.1, 0.15) is 6.07 Å². The van der Waals surface area contributed by atoms with E-state index in [1.807, 2.05) is 6.07 Å². The number of anilines is 2. The molecule has 1 unspecified atom stereocenters. The van der Waals surface area contributed by atoms with Crippen LogP contribution in [0.4, 0.5) is 20.3 Å². The zero-order valence-corrected chi connectivity index (χ0v) is 18.2. The van der Waals surface area contributed by atoms with Gasteiger partial charge in [0, 0.05) is 38.0 Å². The highest BCUT2D eigenvalue weighted by Crippen LogP contribution is 2.30. The van der Waals surface area contributed by atoms with Gasteiger partial charge in [-0.2, -0.15) is 5.26 Å². The van der Waals surface area contributed by atoms with Crippen molar-refractivity contribution in [2.45, 2.75) is 38.7 Å². The van der Waals surface area contributed by atoms with Crippen LogP contribution in [0.5, 0.6) is 0 Å². The van der Waals surface area contributed by atoms with Gasteiger partial charge in [0.15, 0.2) is 5.82 Å². The van der Waals surface area contributed by atoms with Gasteiger partial charge in [-0.3, -0.25) is 14.6 Å². The summed E-state index contributed by atoms with van der Waals surface area (Å²) in [7, 11) is 3.38. The molecule has 3 rings (SSSR count). The number of hydrogen-bond donors (Lipinski definition) is 2. The number of aromatic nitrogens is 2. The Morgan fingerprint density at radius 1 is 1.31 bits per heavy atom. The minimum absolute atomic E-state index is 0.0464. The monoisotopic (exact) mass is 444 g/mol. The molecule has 1 aliphatic carbocycles. The van der Waals surface area contributed by atoms with Crippen LogP contribution < -0.4 is 10.6 Å². The molecule has 0 radical (unpaired) electrons. The van der Waals surface area contributed by atoms with Crippen molar-refractivity contribution in [1.29, 1.82) is 5.26 Å². The summed E-state index contributed by atoms with van der Waals surface area (Å²) in [6, 6.07) is 6.57. The zero-order chi connectivity index (χ0) is 23.7. The van der Waals surface area contributed by atoms with Gasteiger partial charge in [-0.1, -0.05) is 6.07 Å². The summed E-state index contributed by atoms with van der Waals surface area (Å²) in [6.07, 6.45) is 2.82. The van der Waals surface area contributed by atoms with E-state index in [1.54, 1.807) is 39.2 Å². The first-order chi connectivity index (χ1) is 15.2. The average Bonchev–Trinajstić information content (AvgIpc) is 3.59. The van der Waals surface area contributed by atoms with Crippen LogP contribution in [0.3, 0.4) is 0 Å². The minimum Gasteiger partial charge on any atom is -0.381 e. The summed E-state index contributed by atoms with van der Waals surface area (Å²) >= 11 is 0. The SMILES string of the molecule is CC(CC(F)F)Nc1cc(-c2cnc(NC(=O)C3CC3)cn2)ccc1C#N.CN(C)C=O. The molecule has 32 heavy (non-hydrogen) atoms. The largest absolute Gasteiger partial charge is 0.381 e. The van der Waals surface area contributed by atoms with Gasteiger partial charge in [-0.15, -0.1) is 0 Å². The summed E-state index contributed by atoms with van der Waals surface area (Å²) in [5, 5.41) is 14.9. The predicted octanol–water partition coefficient (Wildman–Crippen LogP) is 3.52. The molecule has 0 bridgehead atoms. The fourth-order valence-corrected chi connectivity index (χ4v) is 2.63. The van der Waals surface area contributed by atoms with Crippen molar-refractivity contribution < 1.29 is 18.4 Å². The molecule has 2 N–H and O–H groups in total. The zero-order valence-electron chi connectivity index (χ0n) is 18.2. The molecule has 170 valence electrons. The van der Waals surface area contributed by atoms with Gasteiger partial charge in [-0.25, -0.2) is 13.8 Å². The smallest absolute Gasteiger partial charge is 0.240 e. The van der Waals surface area contributed by atoms with Crippen LogP contribution in [0.25, 0.3) is 11.3 Å². The number of amides is 2. The number of hydrogen-bond acceptors (Lipinski definition) is 6. The maximum absolute atomic E-state index is 12.5. The van der Waals surface area contributed by atoms with Gasteiger partial charge in [-0.05, 0) is 31.9 Å². The standard InChI is InChI=1S/C19H19F2N5O.C3H7NO/c1-11(6-17(20)21)25-15-7-13(4-5-14(15)8-22)16-9-24-18(10-23-16)26-19(27)12-2-3-12;1-4(2)3-5/h4-5,7,9-12,17,25H,2-3,6H2,1H3,(H,24,26,27);3H,1-2H3. The molecule has 0 aliphatic heterocycles. The Morgan fingerprint density at radius 2 is 2.00 bits per heavy atom. The van der Waals surface area contributed by atoms with E-state index in [-0.39, 0.29) is 18.2 Å². The van der Waals surface area contributed by atoms with Crippen LogP contribution in [0.1, 0.15) is 31.7 Å². The third-order valence-corrected chi connectivity index (χ3v) is 4.43. The molecular weight excluding hydrogens is 418 g/mol.